The number of amides is 6. The Morgan fingerprint density at radius 1 is 0.647 bits per heavy atom. The largest absolute Gasteiger partial charge is 0.480 e. The van der Waals surface area contributed by atoms with Gasteiger partial charge in [0.1, 0.15) is 30.8 Å². The Bertz CT molecular complexity index is 2520. The number of fused-ring (bicyclic) bond motifs is 4. The SMILES string of the molecule is CC(C)C[C@H](NC(=O)[C@H](Cc1ccccc1)NC(=O)CNC(=O)CNC(=O)[C@H](Cc1c[nH]c2ccccc12)NC(=O)OCC1c2ccccc2-c2ccccc21)C(=O)N[C@@H](CCCCN)C(=O)O. The first-order chi connectivity index (χ1) is 32.8. The molecule has 358 valence electrons. The number of para-hydroxylation sites is 1. The van der Waals surface area contributed by atoms with Crippen LogP contribution in [0.15, 0.2) is 109 Å². The monoisotopic (exact) mass is 928 g/mol. The number of alkyl carbamates (subject to hydrolysis) is 1. The van der Waals surface area contributed by atoms with Gasteiger partial charge in [0.15, 0.2) is 0 Å². The summed E-state index contributed by atoms with van der Waals surface area (Å²) in [5, 5.41) is 26.2. The fourth-order valence-corrected chi connectivity index (χ4v) is 8.35. The molecule has 68 heavy (non-hydrogen) atoms. The molecule has 4 atom stereocenters. The standard InChI is InChI=1S/C51H60N8O9/c1-31(2)24-42(48(63)57-41(50(65)66)22-12-13-23-52)58-49(64)43(25-32-14-4-3-5-15-32)56-46(61)29-54-45(60)28-55-47(62)44(26-33-27-53-40-21-11-10-16-34(33)40)59-51(67)68-30-39-37-19-8-6-17-35(37)36-18-7-9-20-38(36)39/h3-11,14-21,27,31,39,41-44,53H,12-13,22-26,28-30,52H2,1-2H3,(H,54,60)(H,55,62)(H,56,61)(H,57,63)(H,58,64)(H,59,67)(H,65,66)/t41-,42-,43-,44-/m0/s1. The number of unbranched alkanes of at least 4 members (excludes halogenated alkanes) is 1. The van der Waals surface area contributed by atoms with E-state index in [-0.39, 0.29) is 44.1 Å². The summed E-state index contributed by atoms with van der Waals surface area (Å²) in [7, 11) is 0. The van der Waals surface area contributed by atoms with E-state index >= 15 is 0 Å². The Morgan fingerprint density at radius 2 is 1.25 bits per heavy atom. The molecule has 5 aromatic rings. The molecule has 0 saturated heterocycles. The molecular weight excluding hydrogens is 869 g/mol. The molecule has 0 aliphatic heterocycles. The van der Waals surface area contributed by atoms with E-state index in [1.165, 1.54) is 0 Å². The van der Waals surface area contributed by atoms with Crippen LogP contribution >= 0.6 is 0 Å². The molecule has 0 bridgehead atoms. The highest BCUT2D eigenvalue weighted by Crippen LogP contribution is 2.44. The summed E-state index contributed by atoms with van der Waals surface area (Å²) in [6, 6.07) is 27.6. The van der Waals surface area contributed by atoms with Gasteiger partial charge in [-0.3, -0.25) is 24.0 Å². The average molecular weight is 929 g/mol. The predicted octanol–water partition coefficient (Wildman–Crippen LogP) is 3.81. The first-order valence-electron chi connectivity index (χ1n) is 22.9. The van der Waals surface area contributed by atoms with Crippen molar-refractivity contribution in [3.05, 3.63) is 132 Å². The number of hydrogen-bond acceptors (Lipinski definition) is 9. The highest BCUT2D eigenvalue weighted by atomic mass is 16.5. The van der Waals surface area contributed by atoms with Crippen LogP contribution in [0.1, 0.15) is 67.7 Å². The van der Waals surface area contributed by atoms with Crippen molar-refractivity contribution in [1.82, 2.24) is 36.9 Å². The number of nitrogens with one attached hydrogen (secondary N) is 7. The van der Waals surface area contributed by atoms with Crippen LogP contribution in [0, 0.1) is 5.92 Å². The van der Waals surface area contributed by atoms with E-state index < -0.39 is 78.9 Å². The first kappa shape index (κ1) is 49.9. The third-order valence-electron chi connectivity index (χ3n) is 11.8. The van der Waals surface area contributed by atoms with E-state index in [1.807, 2.05) is 86.6 Å². The average Bonchev–Trinajstić information content (AvgIpc) is 3.89. The zero-order valence-corrected chi connectivity index (χ0v) is 38.2. The van der Waals surface area contributed by atoms with Crippen LogP contribution in [-0.2, 0) is 46.3 Å². The number of carboxylic acids is 1. The zero-order chi connectivity index (χ0) is 48.6. The Morgan fingerprint density at radius 3 is 1.93 bits per heavy atom. The molecule has 6 amide bonds. The maximum atomic E-state index is 13.8. The van der Waals surface area contributed by atoms with Crippen LogP contribution in [0.3, 0.4) is 0 Å². The predicted molar refractivity (Wildman–Crippen MR) is 256 cm³/mol. The molecule has 4 aromatic carbocycles. The van der Waals surface area contributed by atoms with Crippen molar-refractivity contribution in [2.45, 2.75) is 82.5 Å². The number of ether oxygens (including phenoxy) is 1. The molecule has 0 radical (unpaired) electrons. The number of hydrogen-bond donors (Lipinski definition) is 9. The van der Waals surface area contributed by atoms with E-state index in [0.29, 0.717) is 24.9 Å². The van der Waals surface area contributed by atoms with Crippen molar-refractivity contribution in [3.8, 4) is 11.1 Å². The minimum atomic E-state index is -1.21. The lowest BCUT2D eigenvalue weighted by molar-refractivity contribution is -0.142. The number of benzene rings is 4. The second-order valence-electron chi connectivity index (χ2n) is 17.3. The molecule has 1 aliphatic rings. The number of aromatic amines is 1. The Kier molecular flexibility index (Phi) is 17.8. The minimum absolute atomic E-state index is 0.0245. The summed E-state index contributed by atoms with van der Waals surface area (Å²) in [6.07, 6.45) is 2.43. The summed E-state index contributed by atoms with van der Waals surface area (Å²) in [4.78, 5) is 96.0. The van der Waals surface area contributed by atoms with Crippen LogP contribution in [0.5, 0.6) is 0 Å². The van der Waals surface area contributed by atoms with Gasteiger partial charge in [0, 0.05) is 35.9 Å². The quantitative estimate of drug-likeness (QED) is 0.0404. The third kappa shape index (κ3) is 13.8. The summed E-state index contributed by atoms with van der Waals surface area (Å²) in [5.41, 5.74) is 12.0. The van der Waals surface area contributed by atoms with Crippen molar-refractivity contribution in [2.24, 2.45) is 11.7 Å². The molecular formula is C51H60N8O9. The highest BCUT2D eigenvalue weighted by molar-refractivity contribution is 5.95. The summed E-state index contributed by atoms with van der Waals surface area (Å²) >= 11 is 0. The summed E-state index contributed by atoms with van der Waals surface area (Å²) in [5.74, 6) is -4.99. The maximum absolute atomic E-state index is 13.8. The Balaban J connectivity index is 1.06. The van der Waals surface area contributed by atoms with Gasteiger partial charge in [-0.15, -0.1) is 0 Å². The highest BCUT2D eigenvalue weighted by Gasteiger charge is 2.32. The smallest absolute Gasteiger partial charge is 0.407 e. The van der Waals surface area contributed by atoms with Crippen molar-refractivity contribution in [1.29, 1.82) is 0 Å². The van der Waals surface area contributed by atoms with E-state index in [2.05, 4.69) is 36.9 Å². The lowest BCUT2D eigenvalue weighted by Gasteiger charge is -2.25. The lowest BCUT2D eigenvalue weighted by Crippen LogP contribution is -2.57. The summed E-state index contributed by atoms with van der Waals surface area (Å²) < 4.78 is 5.76. The number of rotatable bonds is 24. The first-order valence-corrected chi connectivity index (χ1v) is 22.9. The van der Waals surface area contributed by atoms with Gasteiger partial charge in [0.2, 0.25) is 29.5 Å². The van der Waals surface area contributed by atoms with Crippen LogP contribution in [0.4, 0.5) is 4.79 Å². The van der Waals surface area contributed by atoms with Gasteiger partial charge in [-0.1, -0.05) is 111 Å². The molecule has 17 heteroatoms. The minimum Gasteiger partial charge on any atom is -0.480 e. The number of H-pyrrole nitrogens is 1. The van der Waals surface area contributed by atoms with Crippen molar-refractivity contribution in [2.75, 3.05) is 26.2 Å². The Labute approximate surface area is 394 Å². The van der Waals surface area contributed by atoms with Gasteiger partial charge in [-0.2, -0.15) is 0 Å². The second kappa shape index (κ2) is 24.3. The second-order valence-corrected chi connectivity index (χ2v) is 17.3. The molecule has 0 fully saturated rings. The summed E-state index contributed by atoms with van der Waals surface area (Å²) in [6.45, 7) is 2.98. The molecule has 6 rings (SSSR count). The molecule has 0 unspecified atom stereocenters. The normalized spacial score (nSPS) is 13.5. The fourth-order valence-electron chi connectivity index (χ4n) is 8.35. The van der Waals surface area contributed by atoms with E-state index in [1.54, 1.807) is 36.5 Å². The lowest BCUT2D eigenvalue weighted by atomic mass is 9.98. The van der Waals surface area contributed by atoms with Gasteiger partial charge < -0.3 is 52.5 Å². The van der Waals surface area contributed by atoms with E-state index in [4.69, 9.17) is 10.5 Å². The Hall–Kier alpha value is -7.53. The van der Waals surface area contributed by atoms with Gasteiger partial charge in [-0.25, -0.2) is 9.59 Å². The van der Waals surface area contributed by atoms with Crippen LogP contribution in [0.25, 0.3) is 22.0 Å². The van der Waals surface area contributed by atoms with Crippen molar-refractivity contribution in [3.63, 3.8) is 0 Å². The molecule has 1 aromatic heterocycles. The van der Waals surface area contributed by atoms with Crippen LogP contribution < -0.4 is 37.6 Å². The molecule has 1 aliphatic carbocycles. The molecule has 10 N–H and O–H groups in total. The van der Waals surface area contributed by atoms with Crippen LogP contribution in [0.2, 0.25) is 0 Å². The van der Waals surface area contributed by atoms with Gasteiger partial charge >= 0.3 is 12.1 Å². The number of aliphatic carboxylic acids is 1. The third-order valence-corrected chi connectivity index (χ3v) is 11.8. The van der Waals surface area contributed by atoms with E-state index in [0.717, 1.165) is 38.7 Å². The fraction of sp³-hybridized carbons (Fsp3) is 0.353. The van der Waals surface area contributed by atoms with Crippen molar-refractivity contribution >= 4 is 52.5 Å². The topological polar surface area (TPSA) is 263 Å². The maximum Gasteiger partial charge on any atom is 0.407 e. The number of carbonyl (C=O) groups is 7. The van der Waals surface area contributed by atoms with Crippen LogP contribution in [-0.4, -0.2) is 102 Å². The van der Waals surface area contributed by atoms with Gasteiger partial charge in [0.05, 0.1) is 13.1 Å². The molecule has 0 saturated carbocycles. The molecule has 17 nitrogen and oxygen atoms in total. The van der Waals surface area contributed by atoms with Crippen molar-refractivity contribution < 1.29 is 43.4 Å². The van der Waals surface area contributed by atoms with E-state index in [9.17, 15) is 38.7 Å². The number of carboxylic acid groups (broad SMARTS) is 1. The zero-order valence-electron chi connectivity index (χ0n) is 38.2. The van der Waals surface area contributed by atoms with Gasteiger partial charge in [-0.05, 0) is 77.6 Å². The molecule has 0 spiro atoms. The molecule has 1 heterocycles. The number of aromatic nitrogens is 1. The number of nitrogens with two attached hydrogens (primary N) is 1. The number of carbonyl (C=O) groups excluding carboxylic acids is 6. The van der Waals surface area contributed by atoms with Gasteiger partial charge in [0.25, 0.3) is 0 Å².